The van der Waals surface area contributed by atoms with Crippen LogP contribution in [0.5, 0.6) is 0 Å². The molecule has 8 heteroatoms. The first-order chi connectivity index (χ1) is 13.1. The Hall–Kier alpha value is -1.90. The Kier molecular flexibility index (Phi) is 5.47. The number of rotatable bonds is 5. The number of hydrogen-bond acceptors (Lipinski definition) is 5. The molecule has 4 rings (SSSR count). The zero-order chi connectivity index (χ0) is 18.7. The Balaban J connectivity index is 1.29. The van der Waals surface area contributed by atoms with E-state index in [1.54, 1.807) is 18.7 Å². The minimum absolute atomic E-state index is 0.121. The molecular weight excluding hydrogens is 352 g/mol. The van der Waals surface area contributed by atoms with Crippen LogP contribution in [0.15, 0.2) is 30.9 Å². The minimum Gasteiger partial charge on any atom is -0.372 e. The Bertz CT molecular complexity index is 747. The van der Waals surface area contributed by atoms with Crippen molar-refractivity contribution in [2.24, 2.45) is 0 Å². The van der Waals surface area contributed by atoms with Crippen LogP contribution in [0.1, 0.15) is 18.4 Å². The van der Waals surface area contributed by atoms with E-state index in [4.69, 9.17) is 4.74 Å². The third kappa shape index (κ3) is 4.51. The summed E-state index contributed by atoms with van der Waals surface area (Å²) in [6.45, 7) is 6.84. The van der Waals surface area contributed by atoms with Crippen LogP contribution in [0.3, 0.4) is 0 Å². The molecule has 2 aromatic rings. The van der Waals surface area contributed by atoms with Crippen LogP contribution >= 0.6 is 0 Å². The maximum atomic E-state index is 13.5. The van der Waals surface area contributed by atoms with Gasteiger partial charge in [-0.15, -0.1) is 10.2 Å². The molecule has 2 aliphatic heterocycles. The zero-order valence-corrected chi connectivity index (χ0v) is 15.4. The summed E-state index contributed by atoms with van der Waals surface area (Å²) in [6.07, 6.45) is 5.46. The summed E-state index contributed by atoms with van der Waals surface area (Å²) >= 11 is 0. The summed E-state index contributed by atoms with van der Waals surface area (Å²) in [6, 6.07) is 4.16. The van der Waals surface area contributed by atoms with Crippen molar-refractivity contribution in [2.75, 3.05) is 39.3 Å². The van der Waals surface area contributed by atoms with Crippen LogP contribution in [0.25, 0.3) is 0 Å². The molecule has 6 nitrogen and oxygen atoms in total. The van der Waals surface area contributed by atoms with E-state index in [1.807, 2.05) is 4.57 Å². The zero-order valence-electron chi connectivity index (χ0n) is 15.4. The highest BCUT2D eigenvalue weighted by atomic mass is 19.2. The molecule has 0 bridgehead atoms. The topological polar surface area (TPSA) is 46.4 Å². The highest BCUT2D eigenvalue weighted by molar-refractivity contribution is 5.18. The molecule has 0 aliphatic carbocycles. The van der Waals surface area contributed by atoms with Gasteiger partial charge in [0.25, 0.3) is 0 Å². The number of piperidine rings is 1. The second kappa shape index (κ2) is 8.00. The largest absolute Gasteiger partial charge is 0.372 e. The molecule has 0 radical (unpaired) electrons. The average Bonchev–Trinajstić information content (AvgIpc) is 3.18. The van der Waals surface area contributed by atoms with Gasteiger partial charge in [0, 0.05) is 45.8 Å². The van der Waals surface area contributed by atoms with Crippen molar-refractivity contribution in [2.45, 2.75) is 31.5 Å². The van der Waals surface area contributed by atoms with Gasteiger partial charge in [0.2, 0.25) is 0 Å². The predicted molar refractivity (Wildman–Crippen MR) is 96.0 cm³/mol. The van der Waals surface area contributed by atoms with Gasteiger partial charge in [-0.2, -0.15) is 0 Å². The molecule has 1 aromatic heterocycles. The molecule has 0 saturated carbocycles. The molecule has 146 valence electrons. The maximum absolute atomic E-state index is 13.5. The number of halogens is 2. The molecule has 27 heavy (non-hydrogen) atoms. The second-order valence-electron chi connectivity index (χ2n) is 7.53. The summed E-state index contributed by atoms with van der Waals surface area (Å²) in [4.78, 5) is 4.74. The molecular formula is C19H25F2N5O. The van der Waals surface area contributed by atoms with Crippen molar-refractivity contribution in [1.82, 2.24) is 24.6 Å². The molecule has 2 saturated heterocycles. The van der Waals surface area contributed by atoms with Gasteiger partial charge in [0.15, 0.2) is 11.6 Å². The lowest BCUT2D eigenvalue weighted by molar-refractivity contribution is -0.137. The molecule has 2 fully saturated rings. The maximum Gasteiger partial charge on any atom is 0.159 e. The summed E-state index contributed by atoms with van der Waals surface area (Å²) in [7, 11) is 0. The van der Waals surface area contributed by atoms with Gasteiger partial charge in [-0.3, -0.25) is 4.90 Å². The Labute approximate surface area is 157 Å². The van der Waals surface area contributed by atoms with Crippen molar-refractivity contribution >= 4 is 0 Å². The van der Waals surface area contributed by atoms with Gasteiger partial charge in [0.05, 0.1) is 12.2 Å². The Morgan fingerprint density at radius 3 is 2.48 bits per heavy atom. The van der Waals surface area contributed by atoms with Gasteiger partial charge in [-0.1, -0.05) is 6.07 Å². The van der Waals surface area contributed by atoms with Crippen molar-refractivity contribution in [3.05, 3.63) is 48.1 Å². The predicted octanol–water partition coefficient (Wildman–Crippen LogP) is 1.92. The molecule has 0 N–H and O–H groups in total. The van der Waals surface area contributed by atoms with Crippen molar-refractivity contribution in [3.63, 3.8) is 0 Å². The first kappa shape index (κ1) is 18.5. The summed E-state index contributed by atoms with van der Waals surface area (Å²) in [5.41, 5.74) is 0.682. The molecule has 2 aliphatic rings. The standard InChI is InChI=1S/C19H25F2N5O/c20-17-2-1-16(11-18(17)21)12-25-9-10-27-19(13-25)3-5-24(6-4-19)7-8-26-14-22-23-15-26/h1-2,11,14-15H,3-10,12-13H2. The lowest BCUT2D eigenvalue weighted by Gasteiger charge is -2.47. The van der Waals surface area contributed by atoms with Crippen LogP contribution in [-0.2, 0) is 17.8 Å². The fraction of sp³-hybridized carbons (Fsp3) is 0.579. The summed E-state index contributed by atoms with van der Waals surface area (Å²) in [5, 5.41) is 7.66. The number of hydrogen-bond donors (Lipinski definition) is 0. The highest BCUT2D eigenvalue weighted by Crippen LogP contribution is 2.30. The van der Waals surface area contributed by atoms with E-state index in [1.165, 1.54) is 12.1 Å². The number of morpholine rings is 1. The van der Waals surface area contributed by atoms with E-state index < -0.39 is 11.6 Å². The van der Waals surface area contributed by atoms with E-state index in [0.717, 1.165) is 57.7 Å². The molecule has 0 amide bonds. The molecule has 3 heterocycles. The van der Waals surface area contributed by atoms with Gasteiger partial charge >= 0.3 is 0 Å². The monoisotopic (exact) mass is 377 g/mol. The van der Waals surface area contributed by atoms with Crippen molar-refractivity contribution in [1.29, 1.82) is 0 Å². The first-order valence-corrected chi connectivity index (χ1v) is 9.47. The van der Waals surface area contributed by atoms with Gasteiger partial charge in [-0.05, 0) is 30.5 Å². The average molecular weight is 377 g/mol. The Morgan fingerprint density at radius 1 is 0.963 bits per heavy atom. The van der Waals surface area contributed by atoms with Gasteiger partial charge < -0.3 is 14.2 Å². The van der Waals surface area contributed by atoms with Crippen LogP contribution in [0.2, 0.25) is 0 Å². The van der Waals surface area contributed by atoms with Crippen molar-refractivity contribution < 1.29 is 13.5 Å². The van der Waals surface area contributed by atoms with E-state index >= 15 is 0 Å². The summed E-state index contributed by atoms with van der Waals surface area (Å²) in [5.74, 6) is -1.58. The number of aromatic nitrogens is 3. The van der Waals surface area contributed by atoms with Gasteiger partial charge in [-0.25, -0.2) is 8.78 Å². The molecule has 0 atom stereocenters. The van der Waals surface area contributed by atoms with Crippen LogP contribution in [0, 0.1) is 11.6 Å². The Morgan fingerprint density at radius 2 is 1.74 bits per heavy atom. The molecule has 0 unspecified atom stereocenters. The SMILES string of the molecule is Fc1ccc(CN2CCOC3(CCN(CCn4cnnc4)CC3)C2)cc1F. The molecule has 1 aromatic carbocycles. The quantitative estimate of drug-likeness (QED) is 0.797. The van der Waals surface area contributed by atoms with E-state index in [-0.39, 0.29) is 5.60 Å². The fourth-order valence-electron chi connectivity index (χ4n) is 4.04. The first-order valence-electron chi connectivity index (χ1n) is 9.47. The van der Waals surface area contributed by atoms with Crippen LogP contribution in [0.4, 0.5) is 8.78 Å². The third-order valence-corrected chi connectivity index (χ3v) is 5.63. The fourth-order valence-corrected chi connectivity index (χ4v) is 4.04. The van der Waals surface area contributed by atoms with Crippen molar-refractivity contribution in [3.8, 4) is 0 Å². The van der Waals surface area contributed by atoms with Gasteiger partial charge in [0.1, 0.15) is 12.7 Å². The number of benzene rings is 1. The van der Waals surface area contributed by atoms with Crippen LogP contribution < -0.4 is 0 Å². The normalized spacial score (nSPS) is 21.0. The van der Waals surface area contributed by atoms with E-state index in [9.17, 15) is 8.78 Å². The second-order valence-corrected chi connectivity index (χ2v) is 7.53. The van der Waals surface area contributed by atoms with E-state index in [0.29, 0.717) is 13.2 Å². The lowest BCUT2D eigenvalue weighted by atomic mass is 9.89. The minimum atomic E-state index is -0.795. The highest BCUT2D eigenvalue weighted by Gasteiger charge is 2.39. The lowest BCUT2D eigenvalue weighted by Crippen LogP contribution is -2.56. The summed E-state index contributed by atoms with van der Waals surface area (Å²) < 4.78 is 34.8. The third-order valence-electron chi connectivity index (χ3n) is 5.63. The number of nitrogens with zero attached hydrogens (tertiary/aromatic N) is 5. The number of ether oxygens (including phenoxy) is 1. The molecule has 1 spiro atoms. The van der Waals surface area contributed by atoms with Crippen LogP contribution in [-0.4, -0.2) is 69.5 Å². The number of likely N-dealkylation sites (tertiary alicyclic amines) is 1. The smallest absolute Gasteiger partial charge is 0.159 e. The van der Waals surface area contributed by atoms with E-state index in [2.05, 4.69) is 20.0 Å².